The highest BCUT2D eigenvalue weighted by atomic mass is 35.5. The lowest BCUT2D eigenvalue weighted by Crippen LogP contribution is -1.92. The zero-order chi connectivity index (χ0) is 12.5. The van der Waals surface area contributed by atoms with E-state index in [0.717, 1.165) is 0 Å². The molecule has 0 bridgehead atoms. The van der Waals surface area contributed by atoms with E-state index < -0.39 is 0 Å². The van der Waals surface area contributed by atoms with E-state index in [2.05, 4.69) is 4.98 Å². The van der Waals surface area contributed by atoms with Gasteiger partial charge in [-0.15, -0.1) is 0 Å². The second kappa shape index (κ2) is 4.55. The van der Waals surface area contributed by atoms with Crippen LogP contribution in [-0.4, -0.2) is 11.8 Å². The third-order valence-corrected chi connectivity index (χ3v) is 3.03. The second-order valence-corrected chi connectivity index (χ2v) is 4.30. The molecule has 0 saturated carbocycles. The molecule has 2 aromatic rings. The zero-order valence-electron chi connectivity index (χ0n) is 9.02. The van der Waals surface area contributed by atoms with E-state index in [1.54, 1.807) is 30.3 Å². The van der Waals surface area contributed by atoms with Crippen LogP contribution in [0.1, 0.15) is 0 Å². The first-order valence-corrected chi connectivity index (χ1v) is 5.87. The fourth-order valence-corrected chi connectivity index (χ4v) is 1.77. The van der Waals surface area contributed by atoms with Gasteiger partial charge in [-0.2, -0.15) is 4.98 Å². The molecule has 0 amide bonds. The molecule has 0 unspecified atom stereocenters. The molecule has 1 aromatic carbocycles. The van der Waals surface area contributed by atoms with Gasteiger partial charge < -0.3 is 14.2 Å². The molecule has 0 aliphatic carbocycles. The molecule has 0 atom stereocenters. The molecule has 1 aromatic heterocycles. The molecule has 0 radical (unpaired) electrons. The first-order chi connectivity index (χ1) is 8.72. The Hall–Kier alpha value is -1.65. The predicted molar refractivity (Wildman–Crippen MR) is 66.9 cm³/mol. The Morgan fingerprint density at radius 1 is 1.06 bits per heavy atom. The highest BCUT2D eigenvalue weighted by Crippen LogP contribution is 2.36. The monoisotopic (exact) mass is 283 g/mol. The average molecular weight is 284 g/mol. The van der Waals surface area contributed by atoms with Crippen molar-refractivity contribution in [3.8, 4) is 23.1 Å². The molecule has 0 fully saturated rings. The van der Waals surface area contributed by atoms with Gasteiger partial charge >= 0.3 is 0 Å². The van der Waals surface area contributed by atoms with Gasteiger partial charge in [-0.25, -0.2) is 0 Å². The molecular formula is C12H7Cl2NO3. The van der Waals surface area contributed by atoms with Gasteiger partial charge in [0.05, 0.1) is 5.02 Å². The number of nitrogens with zero attached hydrogens (tertiary/aromatic N) is 1. The van der Waals surface area contributed by atoms with Crippen molar-refractivity contribution < 1.29 is 14.2 Å². The third kappa shape index (κ3) is 2.17. The van der Waals surface area contributed by atoms with Gasteiger partial charge in [0.15, 0.2) is 16.7 Å². The third-order valence-electron chi connectivity index (χ3n) is 2.34. The Labute approximate surface area is 113 Å². The minimum Gasteiger partial charge on any atom is -0.454 e. The minimum absolute atomic E-state index is 0.204. The van der Waals surface area contributed by atoms with Crippen molar-refractivity contribution in [1.29, 1.82) is 0 Å². The van der Waals surface area contributed by atoms with Crippen LogP contribution in [0, 0.1) is 0 Å². The van der Waals surface area contributed by atoms with Gasteiger partial charge in [0.2, 0.25) is 12.7 Å². The van der Waals surface area contributed by atoms with E-state index >= 15 is 0 Å². The molecule has 0 spiro atoms. The predicted octanol–water partition coefficient (Wildman–Crippen LogP) is 3.91. The molecule has 4 nitrogen and oxygen atoms in total. The number of rotatable bonds is 2. The first-order valence-electron chi connectivity index (χ1n) is 5.12. The summed E-state index contributed by atoms with van der Waals surface area (Å²) in [5, 5.41) is 0.588. The molecule has 1 aliphatic heterocycles. The molecule has 3 rings (SSSR count). The van der Waals surface area contributed by atoms with Crippen molar-refractivity contribution in [3.63, 3.8) is 0 Å². The number of halogens is 2. The van der Waals surface area contributed by atoms with Crippen molar-refractivity contribution in [3.05, 3.63) is 40.5 Å². The van der Waals surface area contributed by atoms with Crippen LogP contribution in [-0.2, 0) is 0 Å². The molecular weight excluding hydrogens is 277 g/mol. The maximum atomic E-state index is 5.81. The number of hydrogen-bond acceptors (Lipinski definition) is 4. The van der Waals surface area contributed by atoms with Gasteiger partial charge in [-0.05, 0) is 18.2 Å². The SMILES string of the molecule is Clc1ccc(Oc2ccc3c(c2)OCO3)nc1Cl. The lowest BCUT2D eigenvalue weighted by atomic mass is 10.3. The molecule has 18 heavy (non-hydrogen) atoms. The van der Waals surface area contributed by atoms with Crippen molar-refractivity contribution >= 4 is 23.2 Å². The normalized spacial score (nSPS) is 12.6. The number of benzene rings is 1. The Balaban J connectivity index is 1.85. The number of aromatic nitrogens is 1. The Morgan fingerprint density at radius 2 is 1.89 bits per heavy atom. The van der Waals surface area contributed by atoms with Gasteiger partial charge in [-0.3, -0.25) is 0 Å². The molecule has 1 aliphatic rings. The van der Waals surface area contributed by atoms with Crippen molar-refractivity contribution in [2.75, 3.05) is 6.79 Å². The summed E-state index contributed by atoms with van der Waals surface area (Å²) >= 11 is 11.6. The van der Waals surface area contributed by atoms with E-state index in [1.165, 1.54) is 0 Å². The average Bonchev–Trinajstić information content (AvgIpc) is 2.81. The van der Waals surface area contributed by atoms with Crippen LogP contribution in [0.3, 0.4) is 0 Å². The summed E-state index contributed by atoms with van der Waals surface area (Å²) in [7, 11) is 0. The smallest absolute Gasteiger partial charge is 0.231 e. The summed E-state index contributed by atoms with van der Waals surface area (Å²) in [5.74, 6) is 2.30. The van der Waals surface area contributed by atoms with Crippen LogP contribution in [0.5, 0.6) is 23.1 Å². The lowest BCUT2D eigenvalue weighted by molar-refractivity contribution is 0.174. The Kier molecular flexibility index (Phi) is 2.89. The zero-order valence-corrected chi connectivity index (χ0v) is 10.5. The van der Waals surface area contributed by atoms with Gasteiger partial charge in [0, 0.05) is 12.1 Å². The number of ether oxygens (including phenoxy) is 3. The fourth-order valence-electron chi connectivity index (χ4n) is 1.52. The van der Waals surface area contributed by atoms with Crippen LogP contribution in [0.2, 0.25) is 10.2 Å². The minimum atomic E-state index is 0.204. The van der Waals surface area contributed by atoms with E-state index in [-0.39, 0.29) is 11.9 Å². The van der Waals surface area contributed by atoms with Crippen LogP contribution in [0.25, 0.3) is 0 Å². The maximum absolute atomic E-state index is 5.81. The topological polar surface area (TPSA) is 40.6 Å². The molecule has 92 valence electrons. The van der Waals surface area contributed by atoms with Crippen LogP contribution in [0.15, 0.2) is 30.3 Å². The molecule has 6 heteroatoms. The van der Waals surface area contributed by atoms with E-state index in [1.807, 2.05) is 0 Å². The largest absolute Gasteiger partial charge is 0.454 e. The summed E-state index contributed by atoms with van der Waals surface area (Å²) in [4.78, 5) is 4.00. The van der Waals surface area contributed by atoms with Crippen molar-refractivity contribution in [2.24, 2.45) is 0 Å². The fraction of sp³-hybridized carbons (Fsp3) is 0.0833. The number of hydrogen-bond donors (Lipinski definition) is 0. The summed E-state index contributed by atoms with van der Waals surface area (Å²) in [6, 6.07) is 8.53. The second-order valence-electron chi connectivity index (χ2n) is 3.54. The Bertz CT molecular complexity index is 604. The Morgan fingerprint density at radius 3 is 2.72 bits per heavy atom. The summed E-state index contributed by atoms with van der Waals surface area (Å²) in [6.45, 7) is 0.226. The van der Waals surface area contributed by atoms with E-state index in [4.69, 9.17) is 37.4 Å². The number of pyridine rings is 1. The van der Waals surface area contributed by atoms with Gasteiger partial charge in [0.1, 0.15) is 5.75 Å². The van der Waals surface area contributed by atoms with Crippen molar-refractivity contribution in [1.82, 2.24) is 4.98 Å². The van der Waals surface area contributed by atoms with Crippen LogP contribution >= 0.6 is 23.2 Å². The molecule has 2 heterocycles. The van der Waals surface area contributed by atoms with Crippen LogP contribution < -0.4 is 14.2 Å². The summed E-state index contributed by atoms with van der Waals surface area (Å²) in [6.07, 6.45) is 0. The highest BCUT2D eigenvalue weighted by molar-refractivity contribution is 6.41. The molecule has 0 N–H and O–H groups in total. The molecule has 0 saturated heterocycles. The van der Waals surface area contributed by atoms with Crippen molar-refractivity contribution in [2.45, 2.75) is 0 Å². The van der Waals surface area contributed by atoms with Gasteiger partial charge in [0.25, 0.3) is 0 Å². The summed E-state index contributed by atoms with van der Waals surface area (Å²) < 4.78 is 16.0. The maximum Gasteiger partial charge on any atom is 0.231 e. The lowest BCUT2D eigenvalue weighted by Gasteiger charge is -2.06. The van der Waals surface area contributed by atoms with Gasteiger partial charge in [-0.1, -0.05) is 23.2 Å². The summed E-state index contributed by atoms with van der Waals surface area (Å²) in [5.41, 5.74) is 0. The highest BCUT2D eigenvalue weighted by Gasteiger charge is 2.14. The standard InChI is InChI=1S/C12H7Cl2NO3/c13-8-2-4-11(15-12(8)14)18-7-1-3-9-10(5-7)17-6-16-9/h1-5H,6H2. The van der Waals surface area contributed by atoms with E-state index in [0.29, 0.717) is 28.2 Å². The van der Waals surface area contributed by atoms with Crippen LogP contribution in [0.4, 0.5) is 0 Å². The van der Waals surface area contributed by atoms with E-state index in [9.17, 15) is 0 Å². The first kappa shape index (κ1) is 11.4. The quantitative estimate of drug-likeness (QED) is 0.784. The number of fused-ring (bicyclic) bond motifs is 1.